The minimum Gasteiger partial charge on any atom is -0.477 e. The first-order chi connectivity index (χ1) is 12.0. The van der Waals surface area contributed by atoms with Gasteiger partial charge in [0.2, 0.25) is 0 Å². The summed E-state index contributed by atoms with van der Waals surface area (Å²) in [5.41, 5.74) is 0.572. The Hall–Kier alpha value is -3.09. The molecule has 2 N–H and O–H groups in total. The number of anilines is 1. The second-order valence-corrected chi connectivity index (χ2v) is 5.48. The molecule has 7 nitrogen and oxygen atoms in total. The van der Waals surface area contributed by atoms with Crippen molar-refractivity contribution in [2.45, 2.75) is 26.2 Å². The summed E-state index contributed by atoms with van der Waals surface area (Å²) >= 11 is 0. The molecule has 1 aromatic carbocycles. The van der Waals surface area contributed by atoms with Gasteiger partial charge < -0.3 is 15.3 Å². The second-order valence-electron chi connectivity index (χ2n) is 5.48. The van der Waals surface area contributed by atoms with Gasteiger partial charge in [0, 0.05) is 11.9 Å². The highest BCUT2D eigenvalue weighted by Crippen LogP contribution is 2.11. The first-order valence-corrected chi connectivity index (χ1v) is 7.98. The van der Waals surface area contributed by atoms with E-state index in [1.807, 2.05) is 12.1 Å². The highest BCUT2D eigenvalue weighted by Gasteiger charge is 2.11. The van der Waals surface area contributed by atoms with Crippen LogP contribution in [-0.2, 0) is 11.2 Å². The Morgan fingerprint density at radius 2 is 1.92 bits per heavy atom. The van der Waals surface area contributed by atoms with Gasteiger partial charge in [-0.1, -0.05) is 25.5 Å². The number of unbranched alkanes of at least 4 members (excludes halogenated alkanes) is 1. The molecule has 1 heterocycles. The molecule has 0 bridgehead atoms. The highest BCUT2D eigenvalue weighted by molar-refractivity contribution is 5.91. The largest absolute Gasteiger partial charge is 0.477 e. The number of amides is 1. The van der Waals surface area contributed by atoms with E-state index in [0.717, 1.165) is 24.0 Å². The molecule has 0 fully saturated rings. The summed E-state index contributed by atoms with van der Waals surface area (Å²) in [6, 6.07) is 10.0. The quantitative estimate of drug-likeness (QED) is 0.763. The first kappa shape index (κ1) is 18.3. The number of aromatic carboxylic acids is 1. The van der Waals surface area contributed by atoms with E-state index < -0.39 is 29.6 Å². The summed E-state index contributed by atoms with van der Waals surface area (Å²) in [7, 11) is 0. The maximum absolute atomic E-state index is 11.9. The van der Waals surface area contributed by atoms with Crippen LogP contribution in [0, 0.1) is 0 Å². The molecule has 0 radical (unpaired) electrons. The number of carboxylic acids is 1. The van der Waals surface area contributed by atoms with Crippen LogP contribution < -0.4 is 15.7 Å². The van der Waals surface area contributed by atoms with Crippen LogP contribution in [0.25, 0.3) is 0 Å². The van der Waals surface area contributed by atoms with Gasteiger partial charge in [0.15, 0.2) is 6.61 Å². The van der Waals surface area contributed by atoms with Crippen molar-refractivity contribution in [2.75, 3.05) is 11.9 Å². The van der Waals surface area contributed by atoms with Gasteiger partial charge >= 0.3 is 5.97 Å². The van der Waals surface area contributed by atoms with E-state index in [0.29, 0.717) is 5.69 Å². The summed E-state index contributed by atoms with van der Waals surface area (Å²) < 4.78 is 0.733. The van der Waals surface area contributed by atoms with E-state index in [9.17, 15) is 14.4 Å². The molecule has 1 amide bonds. The lowest BCUT2D eigenvalue weighted by atomic mass is 10.1. The number of carboxylic acid groups (broad SMARTS) is 1. The minimum absolute atomic E-state index is 0.416. The molecule has 0 aliphatic heterocycles. The number of pyridine rings is 1. The normalized spacial score (nSPS) is 10.3. The molecule has 0 unspecified atom stereocenters. The Morgan fingerprint density at radius 3 is 2.56 bits per heavy atom. The van der Waals surface area contributed by atoms with Gasteiger partial charge in [-0.15, -0.1) is 0 Å². The van der Waals surface area contributed by atoms with E-state index in [1.165, 1.54) is 23.9 Å². The third-order valence-corrected chi connectivity index (χ3v) is 3.54. The predicted molar refractivity (Wildman–Crippen MR) is 92.8 cm³/mol. The number of hydrogen-bond acceptors (Lipinski definition) is 4. The Kier molecular flexibility index (Phi) is 6.33. The topological polar surface area (TPSA) is 97.6 Å². The Morgan fingerprint density at radius 1 is 1.20 bits per heavy atom. The lowest BCUT2D eigenvalue weighted by molar-refractivity contribution is -0.120. The summed E-state index contributed by atoms with van der Waals surface area (Å²) in [6.45, 7) is 1.71. The number of aryl methyl sites for hydroxylation is 1. The van der Waals surface area contributed by atoms with E-state index in [4.69, 9.17) is 9.94 Å². The van der Waals surface area contributed by atoms with Gasteiger partial charge in [0.1, 0.15) is 5.56 Å². The lowest BCUT2D eigenvalue weighted by Crippen LogP contribution is -2.34. The standard InChI is InChI=1S/C18H20N2O5/c1-2-3-5-13-7-9-14(10-8-13)19-16(21)12-25-20-11-4-6-15(17(20)22)18(23)24/h4,6-11H,2-3,5,12H2,1H3,(H,19,21)(H,23,24). The molecule has 0 saturated carbocycles. The van der Waals surface area contributed by atoms with Crippen molar-refractivity contribution in [1.82, 2.24) is 4.73 Å². The monoisotopic (exact) mass is 344 g/mol. The van der Waals surface area contributed by atoms with Gasteiger partial charge in [-0.05, 0) is 42.7 Å². The maximum atomic E-state index is 11.9. The number of rotatable bonds is 8. The number of nitrogens with one attached hydrogen (secondary N) is 1. The van der Waals surface area contributed by atoms with Crippen LogP contribution in [-0.4, -0.2) is 28.3 Å². The van der Waals surface area contributed by atoms with Crippen molar-refractivity contribution in [1.29, 1.82) is 0 Å². The molecule has 132 valence electrons. The van der Waals surface area contributed by atoms with Gasteiger partial charge in [-0.25, -0.2) is 4.79 Å². The fourth-order valence-corrected chi connectivity index (χ4v) is 2.20. The van der Waals surface area contributed by atoms with Crippen LogP contribution in [0.1, 0.15) is 35.7 Å². The summed E-state index contributed by atoms with van der Waals surface area (Å²) in [6.07, 6.45) is 4.49. The van der Waals surface area contributed by atoms with Crippen molar-refractivity contribution in [3.63, 3.8) is 0 Å². The minimum atomic E-state index is -1.35. The number of aromatic nitrogens is 1. The third-order valence-electron chi connectivity index (χ3n) is 3.54. The van der Waals surface area contributed by atoms with Crippen LogP contribution in [0.5, 0.6) is 0 Å². The van der Waals surface area contributed by atoms with Gasteiger partial charge in [-0.3, -0.25) is 9.59 Å². The lowest BCUT2D eigenvalue weighted by Gasteiger charge is -2.09. The molecule has 0 spiro atoms. The SMILES string of the molecule is CCCCc1ccc(NC(=O)COn2cccc(C(=O)O)c2=O)cc1. The zero-order chi connectivity index (χ0) is 18.2. The van der Waals surface area contributed by atoms with Gasteiger partial charge in [-0.2, -0.15) is 4.73 Å². The average Bonchev–Trinajstić information content (AvgIpc) is 2.60. The van der Waals surface area contributed by atoms with Crippen LogP contribution >= 0.6 is 0 Å². The predicted octanol–water partition coefficient (Wildman–Crippen LogP) is 1.96. The molecule has 0 atom stereocenters. The van der Waals surface area contributed by atoms with E-state index in [-0.39, 0.29) is 0 Å². The zero-order valence-electron chi connectivity index (χ0n) is 13.9. The molecule has 7 heteroatoms. The molecule has 0 aliphatic carbocycles. The Labute approximate surface area is 144 Å². The van der Waals surface area contributed by atoms with Crippen molar-refractivity contribution in [3.05, 3.63) is 64.1 Å². The van der Waals surface area contributed by atoms with E-state index in [2.05, 4.69) is 12.2 Å². The van der Waals surface area contributed by atoms with Crippen LogP contribution in [0.3, 0.4) is 0 Å². The maximum Gasteiger partial charge on any atom is 0.341 e. The highest BCUT2D eigenvalue weighted by atomic mass is 16.7. The van der Waals surface area contributed by atoms with Crippen molar-refractivity contribution in [3.8, 4) is 0 Å². The number of nitrogens with zero attached hydrogens (tertiary/aromatic N) is 1. The fraction of sp³-hybridized carbons (Fsp3) is 0.278. The number of carbonyl (C=O) groups excluding carboxylic acids is 1. The van der Waals surface area contributed by atoms with E-state index >= 15 is 0 Å². The molecular formula is C18H20N2O5. The van der Waals surface area contributed by atoms with Crippen molar-refractivity contribution >= 4 is 17.6 Å². The van der Waals surface area contributed by atoms with Crippen LogP contribution in [0.4, 0.5) is 5.69 Å². The summed E-state index contributed by atoms with van der Waals surface area (Å²) in [4.78, 5) is 39.7. The number of hydrogen-bond donors (Lipinski definition) is 2. The molecule has 25 heavy (non-hydrogen) atoms. The smallest absolute Gasteiger partial charge is 0.341 e. The zero-order valence-corrected chi connectivity index (χ0v) is 13.9. The fourth-order valence-electron chi connectivity index (χ4n) is 2.20. The second kappa shape index (κ2) is 8.68. The Bertz CT molecular complexity index is 796. The van der Waals surface area contributed by atoms with Crippen LogP contribution in [0.15, 0.2) is 47.4 Å². The van der Waals surface area contributed by atoms with Crippen LogP contribution in [0.2, 0.25) is 0 Å². The summed E-state index contributed by atoms with van der Waals surface area (Å²) in [5.74, 6) is -1.80. The van der Waals surface area contributed by atoms with Crippen molar-refractivity contribution in [2.24, 2.45) is 0 Å². The average molecular weight is 344 g/mol. The Balaban J connectivity index is 1.92. The molecule has 0 saturated heterocycles. The number of benzene rings is 1. The molecule has 2 aromatic rings. The number of carbonyl (C=O) groups is 2. The van der Waals surface area contributed by atoms with Gasteiger partial charge in [0.05, 0.1) is 0 Å². The molecule has 1 aromatic heterocycles. The van der Waals surface area contributed by atoms with E-state index in [1.54, 1.807) is 12.1 Å². The van der Waals surface area contributed by atoms with Gasteiger partial charge in [0.25, 0.3) is 11.5 Å². The molecule has 0 aliphatic rings. The first-order valence-electron chi connectivity index (χ1n) is 7.98. The molecular weight excluding hydrogens is 324 g/mol. The summed E-state index contributed by atoms with van der Waals surface area (Å²) in [5, 5.41) is 11.5. The van der Waals surface area contributed by atoms with Crippen molar-refractivity contribution < 1.29 is 19.5 Å². The molecule has 2 rings (SSSR count). The third kappa shape index (κ3) is 5.20.